The molecule has 0 aliphatic heterocycles. The van der Waals surface area contributed by atoms with Gasteiger partial charge >= 0.3 is 6.18 Å². The quantitative estimate of drug-likeness (QED) is 0.627. The molecule has 19 heavy (non-hydrogen) atoms. The van der Waals surface area contributed by atoms with Crippen molar-refractivity contribution in [3.8, 4) is 0 Å². The SMILES string of the molecule is Cc1ncc(C(=O)c2ccc(C(F)(F)F)nc2Cl)s1. The van der Waals surface area contributed by atoms with Gasteiger partial charge in [-0.1, -0.05) is 11.6 Å². The molecular weight excluding hydrogens is 301 g/mol. The summed E-state index contributed by atoms with van der Waals surface area (Å²) in [6.45, 7) is 1.72. The highest BCUT2D eigenvalue weighted by molar-refractivity contribution is 7.13. The number of hydrogen-bond donors (Lipinski definition) is 0. The van der Waals surface area contributed by atoms with Gasteiger partial charge in [0.15, 0.2) is 0 Å². The molecule has 0 amide bonds. The molecule has 2 aromatic rings. The normalized spacial score (nSPS) is 11.6. The van der Waals surface area contributed by atoms with E-state index in [1.54, 1.807) is 6.92 Å². The molecule has 0 atom stereocenters. The molecule has 0 saturated heterocycles. The van der Waals surface area contributed by atoms with E-state index in [2.05, 4.69) is 9.97 Å². The minimum Gasteiger partial charge on any atom is -0.288 e. The lowest BCUT2D eigenvalue weighted by Gasteiger charge is -2.07. The summed E-state index contributed by atoms with van der Waals surface area (Å²) >= 11 is 6.78. The fraction of sp³-hybridized carbons (Fsp3) is 0.182. The Kier molecular flexibility index (Phi) is 3.60. The van der Waals surface area contributed by atoms with E-state index in [4.69, 9.17) is 11.6 Å². The van der Waals surface area contributed by atoms with Gasteiger partial charge in [0.25, 0.3) is 0 Å². The maximum atomic E-state index is 12.4. The second-order valence-corrected chi connectivity index (χ2v) is 5.20. The van der Waals surface area contributed by atoms with Crippen LogP contribution in [0.25, 0.3) is 0 Å². The molecule has 2 heterocycles. The Hall–Kier alpha value is -1.47. The van der Waals surface area contributed by atoms with Crippen molar-refractivity contribution in [2.24, 2.45) is 0 Å². The van der Waals surface area contributed by atoms with Crippen molar-refractivity contribution in [1.82, 2.24) is 9.97 Å². The van der Waals surface area contributed by atoms with E-state index >= 15 is 0 Å². The van der Waals surface area contributed by atoms with E-state index in [0.29, 0.717) is 9.88 Å². The van der Waals surface area contributed by atoms with E-state index in [9.17, 15) is 18.0 Å². The van der Waals surface area contributed by atoms with Crippen LogP contribution in [0.1, 0.15) is 25.9 Å². The van der Waals surface area contributed by atoms with E-state index in [1.165, 1.54) is 6.20 Å². The average Bonchev–Trinajstić information content (AvgIpc) is 2.73. The molecule has 0 saturated carbocycles. The van der Waals surface area contributed by atoms with Gasteiger partial charge in [-0.05, 0) is 19.1 Å². The molecule has 0 fully saturated rings. The number of aryl methyl sites for hydroxylation is 1. The maximum Gasteiger partial charge on any atom is 0.433 e. The Morgan fingerprint density at radius 3 is 2.53 bits per heavy atom. The van der Waals surface area contributed by atoms with Crippen molar-refractivity contribution in [1.29, 1.82) is 0 Å². The third-order valence-corrected chi connectivity index (χ3v) is 3.43. The van der Waals surface area contributed by atoms with Crippen LogP contribution in [0.15, 0.2) is 18.3 Å². The Bertz CT molecular complexity index is 639. The molecule has 8 heteroatoms. The summed E-state index contributed by atoms with van der Waals surface area (Å²) in [6, 6.07) is 1.75. The number of rotatable bonds is 2. The van der Waals surface area contributed by atoms with Gasteiger partial charge in [0.05, 0.1) is 15.4 Å². The number of alkyl halides is 3. The van der Waals surface area contributed by atoms with Crippen LogP contribution in [0, 0.1) is 6.92 Å². The highest BCUT2D eigenvalue weighted by Crippen LogP contribution is 2.30. The summed E-state index contributed by atoms with van der Waals surface area (Å²) in [7, 11) is 0. The van der Waals surface area contributed by atoms with Crippen LogP contribution < -0.4 is 0 Å². The predicted molar refractivity (Wildman–Crippen MR) is 64.5 cm³/mol. The second-order valence-electron chi connectivity index (χ2n) is 3.61. The zero-order chi connectivity index (χ0) is 14.2. The summed E-state index contributed by atoms with van der Waals surface area (Å²) in [5.74, 6) is -0.489. The molecule has 0 aromatic carbocycles. The number of ketones is 1. The van der Waals surface area contributed by atoms with E-state index in [1.807, 2.05) is 0 Å². The molecule has 3 nitrogen and oxygen atoms in total. The Balaban J connectivity index is 2.39. The predicted octanol–water partition coefficient (Wildman–Crippen LogP) is 3.75. The highest BCUT2D eigenvalue weighted by atomic mass is 35.5. The van der Waals surface area contributed by atoms with Gasteiger partial charge in [-0.2, -0.15) is 13.2 Å². The first-order chi connectivity index (χ1) is 8.79. The number of pyridine rings is 1. The lowest BCUT2D eigenvalue weighted by molar-refractivity contribution is -0.141. The van der Waals surface area contributed by atoms with Crippen LogP contribution in [-0.4, -0.2) is 15.8 Å². The Morgan fingerprint density at radius 2 is 2.05 bits per heavy atom. The summed E-state index contributed by atoms with van der Waals surface area (Å²) in [4.78, 5) is 19.4. The standard InChI is InChI=1S/C11H6ClF3N2OS/c1-5-16-4-7(19-5)9(18)6-2-3-8(11(13,14)15)17-10(6)12/h2-4H,1H3. The molecule has 0 radical (unpaired) electrons. The maximum absolute atomic E-state index is 12.4. The van der Waals surface area contributed by atoms with Crippen LogP contribution in [0.4, 0.5) is 13.2 Å². The van der Waals surface area contributed by atoms with Crippen LogP contribution in [-0.2, 0) is 6.18 Å². The van der Waals surface area contributed by atoms with Gasteiger partial charge < -0.3 is 0 Å². The topological polar surface area (TPSA) is 42.9 Å². The molecule has 100 valence electrons. The fourth-order valence-electron chi connectivity index (χ4n) is 1.36. The number of aromatic nitrogens is 2. The van der Waals surface area contributed by atoms with Crippen LogP contribution in [0.5, 0.6) is 0 Å². The van der Waals surface area contributed by atoms with Gasteiger partial charge in [0.2, 0.25) is 5.78 Å². The van der Waals surface area contributed by atoms with Gasteiger partial charge in [-0.25, -0.2) is 9.97 Å². The van der Waals surface area contributed by atoms with E-state index < -0.39 is 22.8 Å². The first kappa shape index (κ1) is 14.0. The first-order valence-electron chi connectivity index (χ1n) is 5.00. The monoisotopic (exact) mass is 306 g/mol. The number of nitrogens with zero attached hydrogens (tertiary/aromatic N) is 2. The van der Waals surface area contributed by atoms with Crippen molar-refractivity contribution in [3.05, 3.63) is 44.6 Å². The summed E-state index contributed by atoms with van der Waals surface area (Å²) in [5.41, 5.74) is -1.20. The number of carbonyl (C=O) groups is 1. The largest absolute Gasteiger partial charge is 0.433 e. The van der Waals surface area contributed by atoms with Gasteiger partial charge in [0.1, 0.15) is 10.8 Å². The average molecular weight is 307 g/mol. The summed E-state index contributed by atoms with van der Waals surface area (Å²) in [5, 5.41) is 0.213. The molecule has 0 spiro atoms. The molecule has 2 aromatic heterocycles. The van der Waals surface area contributed by atoms with Gasteiger partial charge in [-0.3, -0.25) is 4.79 Å². The number of carbonyl (C=O) groups excluding carboxylic acids is 1. The highest BCUT2D eigenvalue weighted by Gasteiger charge is 2.33. The van der Waals surface area contributed by atoms with Crippen LogP contribution in [0.3, 0.4) is 0 Å². The Labute approximate surface area is 115 Å². The number of hydrogen-bond acceptors (Lipinski definition) is 4. The van der Waals surface area contributed by atoms with Crippen molar-refractivity contribution >= 4 is 28.7 Å². The zero-order valence-electron chi connectivity index (χ0n) is 9.45. The third kappa shape index (κ3) is 2.93. The van der Waals surface area contributed by atoms with Gasteiger partial charge in [-0.15, -0.1) is 11.3 Å². The molecule has 0 N–H and O–H groups in total. The van der Waals surface area contributed by atoms with Gasteiger partial charge in [0, 0.05) is 6.20 Å². The minimum atomic E-state index is -4.59. The summed E-state index contributed by atoms with van der Waals surface area (Å²) in [6.07, 6.45) is -3.23. The van der Waals surface area contributed by atoms with Crippen molar-refractivity contribution in [2.75, 3.05) is 0 Å². The first-order valence-corrected chi connectivity index (χ1v) is 6.19. The third-order valence-electron chi connectivity index (χ3n) is 2.23. The second kappa shape index (κ2) is 4.90. The number of thiazole rings is 1. The Morgan fingerprint density at radius 1 is 1.37 bits per heavy atom. The lowest BCUT2D eigenvalue weighted by Crippen LogP contribution is -2.10. The van der Waals surface area contributed by atoms with Crippen molar-refractivity contribution < 1.29 is 18.0 Å². The molecule has 0 aliphatic carbocycles. The molecule has 2 rings (SSSR count). The fourth-order valence-corrected chi connectivity index (χ4v) is 2.33. The van der Waals surface area contributed by atoms with Crippen LogP contribution in [0.2, 0.25) is 5.15 Å². The molecule has 0 unspecified atom stereocenters. The van der Waals surface area contributed by atoms with E-state index in [0.717, 1.165) is 23.5 Å². The molecule has 0 bridgehead atoms. The number of halogens is 4. The minimum absolute atomic E-state index is 0.0710. The lowest BCUT2D eigenvalue weighted by atomic mass is 10.1. The zero-order valence-corrected chi connectivity index (χ0v) is 11.0. The van der Waals surface area contributed by atoms with E-state index in [-0.39, 0.29) is 5.56 Å². The molecular formula is C11H6ClF3N2OS. The summed E-state index contributed by atoms with van der Waals surface area (Å²) < 4.78 is 37.2. The van der Waals surface area contributed by atoms with Crippen molar-refractivity contribution in [2.45, 2.75) is 13.1 Å². The van der Waals surface area contributed by atoms with Crippen molar-refractivity contribution in [3.63, 3.8) is 0 Å². The smallest absolute Gasteiger partial charge is 0.288 e. The molecule has 0 aliphatic rings. The van der Waals surface area contributed by atoms with Crippen LogP contribution >= 0.6 is 22.9 Å².